The molecule has 1 aliphatic heterocycles. The Balaban J connectivity index is 2.59. The Kier molecular flexibility index (Phi) is 6.17. The van der Waals surface area contributed by atoms with Crippen molar-refractivity contribution in [3.05, 3.63) is 0 Å². The van der Waals surface area contributed by atoms with Gasteiger partial charge in [0.15, 0.2) is 0 Å². The first-order valence-corrected chi connectivity index (χ1v) is 8.45. The van der Waals surface area contributed by atoms with Crippen LogP contribution in [0.3, 0.4) is 0 Å². The van der Waals surface area contributed by atoms with Crippen molar-refractivity contribution in [2.45, 2.75) is 58.0 Å². The molecule has 1 rings (SSSR count). The summed E-state index contributed by atoms with van der Waals surface area (Å²) in [7, 11) is 0. The molecule has 4 nitrogen and oxygen atoms in total. The molecule has 0 aromatic heterocycles. The van der Waals surface area contributed by atoms with Gasteiger partial charge in [0.25, 0.3) is 0 Å². The molecule has 2 amide bonds. The van der Waals surface area contributed by atoms with Crippen LogP contribution in [0.5, 0.6) is 0 Å². The first-order chi connectivity index (χ1) is 8.94. The minimum absolute atomic E-state index is 0.0174. The van der Waals surface area contributed by atoms with Gasteiger partial charge in [-0.3, -0.25) is 9.59 Å². The molecule has 1 aliphatic rings. The summed E-state index contributed by atoms with van der Waals surface area (Å²) in [6.07, 6.45) is 6.05. The minimum Gasteiger partial charge on any atom is -0.340 e. The van der Waals surface area contributed by atoms with Crippen LogP contribution < -0.4 is 5.32 Å². The highest BCUT2D eigenvalue weighted by atomic mass is 32.2. The summed E-state index contributed by atoms with van der Waals surface area (Å²) in [5.41, 5.74) is -0.762. The molecule has 1 atom stereocenters. The molecule has 0 aliphatic carbocycles. The normalized spacial score (nSPS) is 22.5. The van der Waals surface area contributed by atoms with Crippen molar-refractivity contribution in [3.8, 4) is 0 Å². The summed E-state index contributed by atoms with van der Waals surface area (Å²) in [5, 5.41) is 2.81. The number of rotatable bonds is 7. The van der Waals surface area contributed by atoms with Crippen molar-refractivity contribution in [3.63, 3.8) is 0 Å². The van der Waals surface area contributed by atoms with Gasteiger partial charge >= 0.3 is 0 Å². The molecule has 0 bridgehead atoms. The van der Waals surface area contributed by atoms with E-state index in [1.54, 1.807) is 18.7 Å². The Labute approximate surface area is 120 Å². The van der Waals surface area contributed by atoms with E-state index in [0.29, 0.717) is 13.0 Å². The van der Waals surface area contributed by atoms with E-state index in [2.05, 4.69) is 11.6 Å². The molecule has 1 unspecified atom stereocenters. The molecule has 0 spiro atoms. The van der Waals surface area contributed by atoms with E-state index in [1.165, 1.54) is 6.42 Å². The van der Waals surface area contributed by atoms with E-state index in [0.717, 1.165) is 18.6 Å². The smallest absolute Gasteiger partial charge is 0.248 e. The van der Waals surface area contributed by atoms with Crippen molar-refractivity contribution in [2.75, 3.05) is 18.6 Å². The van der Waals surface area contributed by atoms with Gasteiger partial charge in [0.05, 0.1) is 0 Å². The zero-order valence-electron chi connectivity index (χ0n) is 12.5. The Morgan fingerprint density at radius 2 is 1.95 bits per heavy atom. The summed E-state index contributed by atoms with van der Waals surface area (Å²) >= 11 is 1.85. The summed E-state index contributed by atoms with van der Waals surface area (Å²) in [6.45, 7) is 6.21. The van der Waals surface area contributed by atoms with Gasteiger partial charge in [-0.2, -0.15) is 11.8 Å². The first-order valence-electron chi connectivity index (χ1n) is 7.06. The van der Waals surface area contributed by atoms with Gasteiger partial charge in [0, 0.05) is 6.54 Å². The first kappa shape index (κ1) is 16.3. The van der Waals surface area contributed by atoms with Crippen LogP contribution in [-0.2, 0) is 9.59 Å². The second-order valence-corrected chi connectivity index (χ2v) is 6.58. The van der Waals surface area contributed by atoms with Crippen molar-refractivity contribution >= 4 is 23.6 Å². The number of nitrogens with zero attached hydrogens (tertiary/aromatic N) is 1. The van der Waals surface area contributed by atoms with E-state index in [-0.39, 0.29) is 17.9 Å². The summed E-state index contributed by atoms with van der Waals surface area (Å²) in [6, 6.07) is -0.291. The minimum atomic E-state index is -0.762. The topological polar surface area (TPSA) is 49.4 Å². The van der Waals surface area contributed by atoms with Crippen molar-refractivity contribution in [1.82, 2.24) is 10.2 Å². The third kappa shape index (κ3) is 4.13. The molecule has 0 aromatic rings. The van der Waals surface area contributed by atoms with Crippen molar-refractivity contribution in [1.29, 1.82) is 0 Å². The molecule has 110 valence electrons. The molecule has 1 fully saturated rings. The number of carbonyl (C=O) groups is 2. The molecule has 19 heavy (non-hydrogen) atoms. The number of hydrogen-bond donors (Lipinski definition) is 1. The van der Waals surface area contributed by atoms with Crippen LogP contribution in [0.4, 0.5) is 0 Å². The predicted molar refractivity (Wildman–Crippen MR) is 80.2 cm³/mol. The maximum absolute atomic E-state index is 12.4. The van der Waals surface area contributed by atoms with Gasteiger partial charge in [-0.05, 0) is 45.1 Å². The molecule has 1 saturated heterocycles. The van der Waals surface area contributed by atoms with Gasteiger partial charge in [-0.1, -0.05) is 13.3 Å². The zero-order valence-corrected chi connectivity index (χ0v) is 13.3. The fraction of sp³-hybridized carbons (Fsp3) is 0.857. The van der Waals surface area contributed by atoms with E-state index in [4.69, 9.17) is 0 Å². The van der Waals surface area contributed by atoms with E-state index in [9.17, 15) is 9.59 Å². The van der Waals surface area contributed by atoms with Crippen LogP contribution in [-0.4, -0.2) is 46.8 Å². The lowest BCUT2D eigenvalue weighted by Crippen LogP contribution is -2.68. The Morgan fingerprint density at radius 3 is 2.53 bits per heavy atom. The predicted octanol–water partition coefficient (Wildman–Crippen LogP) is 2.04. The average Bonchev–Trinajstić information content (AvgIpc) is 2.34. The highest BCUT2D eigenvalue weighted by Gasteiger charge is 2.43. The van der Waals surface area contributed by atoms with E-state index >= 15 is 0 Å². The quantitative estimate of drug-likeness (QED) is 0.729. The average molecular weight is 286 g/mol. The second kappa shape index (κ2) is 7.17. The number of piperazine rings is 1. The lowest BCUT2D eigenvalue weighted by atomic mass is 9.95. The zero-order chi connectivity index (χ0) is 14.5. The van der Waals surface area contributed by atoms with E-state index in [1.807, 2.05) is 18.7 Å². The molecule has 1 heterocycles. The molecule has 0 aromatic carbocycles. The monoisotopic (exact) mass is 286 g/mol. The van der Waals surface area contributed by atoms with Gasteiger partial charge in [0.1, 0.15) is 11.6 Å². The van der Waals surface area contributed by atoms with Crippen molar-refractivity contribution in [2.24, 2.45) is 0 Å². The number of nitrogens with one attached hydrogen (secondary N) is 1. The SMILES string of the molecule is CCC1C(=O)NC(C)(C)C(=O)N1CCCCCSC. The van der Waals surface area contributed by atoms with Gasteiger partial charge in [-0.25, -0.2) is 0 Å². The molecule has 0 radical (unpaired) electrons. The number of carbonyl (C=O) groups excluding carboxylic acids is 2. The van der Waals surface area contributed by atoms with Crippen LogP contribution in [0.25, 0.3) is 0 Å². The van der Waals surface area contributed by atoms with Gasteiger partial charge in [0.2, 0.25) is 11.8 Å². The number of hydrogen-bond acceptors (Lipinski definition) is 3. The lowest BCUT2D eigenvalue weighted by molar-refractivity contribution is -0.153. The molecule has 5 heteroatoms. The van der Waals surface area contributed by atoms with Crippen molar-refractivity contribution < 1.29 is 9.59 Å². The van der Waals surface area contributed by atoms with Gasteiger partial charge < -0.3 is 10.2 Å². The Bertz CT molecular complexity index is 331. The largest absolute Gasteiger partial charge is 0.340 e. The van der Waals surface area contributed by atoms with Crippen LogP contribution in [0.15, 0.2) is 0 Å². The Morgan fingerprint density at radius 1 is 1.26 bits per heavy atom. The van der Waals surface area contributed by atoms with Crippen LogP contribution in [0.1, 0.15) is 46.5 Å². The number of unbranched alkanes of at least 4 members (excludes halogenated alkanes) is 2. The standard InChI is InChI=1S/C14H26N2O2S/c1-5-11-12(17)15-14(2,3)13(18)16(11)9-7-6-8-10-19-4/h11H,5-10H2,1-4H3,(H,15,17). The number of thioether (sulfide) groups is 1. The molecular weight excluding hydrogens is 260 g/mol. The molecule has 1 N–H and O–H groups in total. The fourth-order valence-electron chi connectivity index (χ4n) is 2.46. The highest BCUT2D eigenvalue weighted by Crippen LogP contribution is 2.20. The third-order valence-electron chi connectivity index (χ3n) is 3.54. The summed E-state index contributed by atoms with van der Waals surface area (Å²) in [4.78, 5) is 26.2. The van der Waals surface area contributed by atoms with Gasteiger partial charge in [-0.15, -0.1) is 0 Å². The molecule has 0 saturated carbocycles. The van der Waals surface area contributed by atoms with E-state index < -0.39 is 5.54 Å². The highest BCUT2D eigenvalue weighted by molar-refractivity contribution is 7.98. The maximum Gasteiger partial charge on any atom is 0.248 e. The maximum atomic E-state index is 12.4. The summed E-state index contributed by atoms with van der Waals surface area (Å²) in [5.74, 6) is 1.19. The van der Waals surface area contributed by atoms with Crippen LogP contribution in [0.2, 0.25) is 0 Å². The third-order valence-corrected chi connectivity index (χ3v) is 4.24. The number of amides is 2. The summed E-state index contributed by atoms with van der Waals surface area (Å²) < 4.78 is 0. The Hall–Kier alpha value is -0.710. The van der Waals surface area contributed by atoms with Crippen LogP contribution >= 0.6 is 11.8 Å². The lowest BCUT2D eigenvalue weighted by Gasteiger charge is -2.42. The molecular formula is C14H26N2O2S. The second-order valence-electron chi connectivity index (χ2n) is 5.59. The fourth-order valence-corrected chi connectivity index (χ4v) is 2.95. The van der Waals surface area contributed by atoms with Crippen LogP contribution in [0, 0.1) is 0 Å².